The second-order valence-corrected chi connectivity index (χ2v) is 8.83. The summed E-state index contributed by atoms with van der Waals surface area (Å²) in [6.45, 7) is -0.628. The molecule has 3 aromatic carbocycles. The SMILES string of the molecule is COc1ccc(-c2ccc(C(=O)Nc3ccc(S(N)(=O)=O)c(OC)c3)cc2CO)c(C(F)(F)F)c1. The van der Waals surface area contributed by atoms with Crippen molar-refractivity contribution in [1.29, 1.82) is 0 Å². The number of carbonyl (C=O) groups excluding carboxylic acids is 1. The molecule has 0 saturated carbocycles. The van der Waals surface area contributed by atoms with Crippen LogP contribution in [0.2, 0.25) is 0 Å². The number of nitrogens with one attached hydrogen (secondary N) is 1. The van der Waals surface area contributed by atoms with Crippen LogP contribution in [0.25, 0.3) is 11.1 Å². The van der Waals surface area contributed by atoms with E-state index < -0.39 is 34.3 Å². The second kappa shape index (κ2) is 9.94. The lowest BCUT2D eigenvalue weighted by Crippen LogP contribution is -2.15. The van der Waals surface area contributed by atoms with Crippen LogP contribution in [0.4, 0.5) is 18.9 Å². The van der Waals surface area contributed by atoms with E-state index in [4.69, 9.17) is 14.6 Å². The van der Waals surface area contributed by atoms with Gasteiger partial charge in [-0.1, -0.05) is 12.1 Å². The molecule has 0 bridgehead atoms. The Labute approximate surface area is 199 Å². The summed E-state index contributed by atoms with van der Waals surface area (Å²) in [6, 6.07) is 11.1. The van der Waals surface area contributed by atoms with Crippen LogP contribution in [0, 0.1) is 0 Å². The number of aliphatic hydroxyl groups is 1. The van der Waals surface area contributed by atoms with Crippen LogP contribution in [0.5, 0.6) is 11.5 Å². The van der Waals surface area contributed by atoms with E-state index in [2.05, 4.69) is 5.32 Å². The fraction of sp³-hybridized carbons (Fsp3) is 0.174. The van der Waals surface area contributed by atoms with Gasteiger partial charge in [-0.2, -0.15) is 13.2 Å². The van der Waals surface area contributed by atoms with Gasteiger partial charge in [-0.15, -0.1) is 0 Å². The molecule has 35 heavy (non-hydrogen) atoms. The van der Waals surface area contributed by atoms with Crippen molar-refractivity contribution < 1.29 is 41.0 Å². The second-order valence-electron chi connectivity index (χ2n) is 7.30. The van der Waals surface area contributed by atoms with Gasteiger partial charge in [0.2, 0.25) is 10.0 Å². The summed E-state index contributed by atoms with van der Waals surface area (Å²) in [4.78, 5) is 12.5. The topological polar surface area (TPSA) is 128 Å². The van der Waals surface area contributed by atoms with Gasteiger partial charge in [-0.3, -0.25) is 4.79 Å². The summed E-state index contributed by atoms with van der Waals surface area (Å²) < 4.78 is 74.1. The fourth-order valence-electron chi connectivity index (χ4n) is 3.43. The van der Waals surface area contributed by atoms with Crippen LogP contribution in [-0.2, 0) is 22.8 Å². The van der Waals surface area contributed by atoms with Gasteiger partial charge in [-0.05, 0) is 53.1 Å². The molecule has 0 fully saturated rings. The maximum atomic E-state index is 13.7. The Morgan fingerprint density at radius 2 is 1.69 bits per heavy atom. The van der Waals surface area contributed by atoms with Gasteiger partial charge in [0, 0.05) is 17.3 Å². The molecule has 0 radical (unpaired) electrons. The smallest absolute Gasteiger partial charge is 0.417 e. The van der Waals surface area contributed by atoms with E-state index in [0.29, 0.717) is 0 Å². The molecule has 8 nitrogen and oxygen atoms in total. The quantitative estimate of drug-likeness (QED) is 0.444. The van der Waals surface area contributed by atoms with E-state index in [9.17, 15) is 31.5 Å². The predicted octanol–water partition coefficient (Wildman–Crippen LogP) is 3.78. The average molecular weight is 510 g/mol. The van der Waals surface area contributed by atoms with E-state index in [0.717, 1.165) is 12.1 Å². The van der Waals surface area contributed by atoms with Gasteiger partial charge in [0.15, 0.2) is 0 Å². The number of amides is 1. The Kier molecular flexibility index (Phi) is 7.38. The summed E-state index contributed by atoms with van der Waals surface area (Å²) in [5.74, 6) is -0.718. The van der Waals surface area contributed by atoms with Gasteiger partial charge in [-0.25, -0.2) is 13.6 Å². The number of benzene rings is 3. The van der Waals surface area contributed by atoms with E-state index in [1.807, 2.05) is 0 Å². The van der Waals surface area contributed by atoms with Crippen LogP contribution < -0.4 is 19.9 Å². The molecule has 0 aliphatic rings. The number of carbonyl (C=O) groups is 1. The maximum absolute atomic E-state index is 13.7. The number of anilines is 1. The Morgan fingerprint density at radius 3 is 2.26 bits per heavy atom. The lowest BCUT2D eigenvalue weighted by atomic mass is 9.93. The van der Waals surface area contributed by atoms with Crippen molar-refractivity contribution in [3.63, 3.8) is 0 Å². The van der Waals surface area contributed by atoms with Crippen LogP contribution in [0.15, 0.2) is 59.5 Å². The van der Waals surface area contributed by atoms with Crippen molar-refractivity contribution in [2.75, 3.05) is 19.5 Å². The Morgan fingerprint density at radius 1 is 1.00 bits per heavy atom. The number of nitrogens with two attached hydrogens (primary N) is 1. The number of hydrogen-bond donors (Lipinski definition) is 3. The number of hydrogen-bond acceptors (Lipinski definition) is 6. The molecule has 0 aliphatic heterocycles. The first-order chi connectivity index (χ1) is 16.4. The number of alkyl halides is 3. The van der Waals surface area contributed by atoms with E-state index in [1.54, 1.807) is 0 Å². The van der Waals surface area contributed by atoms with Gasteiger partial charge < -0.3 is 19.9 Å². The van der Waals surface area contributed by atoms with Crippen molar-refractivity contribution in [2.45, 2.75) is 17.7 Å². The van der Waals surface area contributed by atoms with Crippen molar-refractivity contribution in [3.05, 3.63) is 71.3 Å². The molecule has 1 amide bonds. The molecule has 12 heteroatoms. The summed E-state index contributed by atoms with van der Waals surface area (Å²) in [7, 11) is -1.57. The lowest BCUT2D eigenvalue weighted by molar-refractivity contribution is -0.137. The van der Waals surface area contributed by atoms with Crippen molar-refractivity contribution in [1.82, 2.24) is 0 Å². The highest BCUT2D eigenvalue weighted by atomic mass is 32.2. The number of rotatable bonds is 7. The third kappa shape index (κ3) is 5.73. The third-order valence-electron chi connectivity index (χ3n) is 5.09. The molecule has 4 N–H and O–H groups in total. The van der Waals surface area contributed by atoms with Gasteiger partial charge in [0.25, 0.3) is 5.91 Å². The number of sulfonamides is 1. The van der Waals surface area contributed by atoms with Gasteiger partial charge in [0.1, 0.15) is 16.4 Å². The maximum Gasteiger partial charge on any atom is 0.417 e. The normalized spacial score (nSPS) is 11.7. The largest absolute Gasteiger partial charge is 0.497 e. The molecule has 3 aromatic rings. The van der Waals surface area contributed by atoms with Crippen LogP contribution in [-0.4, -0.2) is 33.7 Å². The number of aliphatic hydroxyl groups excluding tert-OH is 1. The van der Waals surface area contributed by atoms with E-state index in [-0.39, 0.29) is 44.3 Å². The summed E-state index contributed by atoms with van der Waals surface area (Å²) in [6.07, 6.45) is -4.69. The van der Waals surface area contributed by atoms with Crippen LogP contribution >= 0.6 is 0 Å². The zero-order valence-corrected chi connectivity index (χ0v) is 19.3. The summed E-state index contributed by atoms with van der Waals surface area (Å²) in [5.41, 5.74) is -0.713. The lowest BCUT2D eigenvalue weighted by Gasteiger charge is -2.17. The minimum absolute atomic E-state index is 0.0199. The van der Waals surface area contributed by atoms with Crippen molar-refractivity contribution in [2.24, 2.45) is 5.14 Å². The van der Waals surface area contributed by atoms with E-state index >= 15 is 0 Å². The zero-order chi connectivity index (χ0) is 26.0. The standard InChI is InChI=1S/C23H21F3N2O6S/c1-33-16-5-7-18(19(11-16)23(24,25)26)17-6-3-13(9-14(17)12-29)22(30)28-15-4-8-21(35(27,31)32)20(10-15)34-2/h3-11,29H,12H2,1-2H3,(H,28,30)(H2,27,31,32). The fourth-order valence-corrected chi connectivity index (χ4v) is 4.11. The molecule has 0 aromatic heterocycles. The van der Waals surface area contributed by atoms with Crippen molar-refractivity contribution >= 4 is 21.6 Å². The zero-order valence-electron chi connectivity index (χ0n) is 18.5. The highest BCUT2D eigenvalue weighted by Gasteiger charge is 2.34. The summed E-state index contributed by atoms with van der Waals surface area (Å²) in [5, 5.41) is 17.5. The number of primary sulfonamides is 1. The number of halogens is 3. The summed E-state index contributed by atoms with van der Waals surface area (Å²) >= 11 is 0. The minimum atomic E-state index is -4.69. The van der Waals surface area contributed by atoms with Crippen molar-refractivity contribution in [3.8, 4) is 22.6 Å². The molecule has 0 spiro atoms. The first-order valence-electron chi connectivity index (χ1n) is 9.90. The first-order valence-corrected chi connectivity index (χ1v) is 11.4. The molecule has 186 valence electrons. The Hall–Kier alpha value is -3.61. The van der Waals surface area contributed by atoms with Crippen LogP contribution in [0.3, 0.4) is 0 Å². The number of methoxy groups -OCH3 is 2. The molecule has 3 rings (SSSR count). The Balaban J connectivity index is 1.97. The molecule has 0 aliphatic carbocycles. The predicted molar refractivity (Wildman–Crippen MR) is 122 cm³/mol. The average Bonchev–Trinajstić information content (AvgIpc) is 2.81. The van der Waals surface area contributed by atoms with E-state index in [1.165, 1.54) is 56.7 Å². The molecular formula is C23H21F3N2O6S. The molecule has 0 saturated heterocycles. The molecular weight excluding hydrogens is 489 g/mol. The molecule has 0 heterocycles. The Bertz CT molecular complexity index is 1370. The minimum Gasteiger partial charge on any atom is -0.497 e. The molecule has 0 unspecified atom stereocenters. The first kappa shape index (κ1) is 26.0. The third-order valence-corrected chi connectivity index (χ3v) is 6.04. The van der Waals surface area contributed by atoms with Gasteiger partial charge >= 0.3 is 6.18 Å². The van der Waals surface area contributed by atoms with Crippen LogP contribution in [0.1, 0.15) is 21.5 Å². The highest BCUT2D eigenvalue weighted by molar-refractivity contribution is 7.89. The number of ether oxygens (including phenoxy) is 2. The monoisotopic (exact) mass is 510 g/mol. The van der Waals surface area contributed by atoms with Gasteiger partial charge in [0.05, 0.1) is 26.4 Å². The molecule has 0 atom stereocenters. The highest BCUT2D eigenvalue weighted by Crippen LogP contribution is 2.40.